The molecule has 0 saturated carbocycles. The number of guanidine groups is 1. The van der Waals surface area contributed by atoms with Crippen molar-refractivity contribution in [1.82, 2.24) is 24.7 Å². The van der Waals surface area contributed by atoms with Gasteiger partial charge in [0, 0.05) is 51.5 Å². The Morgan fingerprint density at radius 3 is 2.69 bits per heavy atom. The number of aromatic nitrogens is 2. The van der Waals surface area contributed by atoms with Crippen LogP contribution in [0.4, 0.5) is 0 Å². The summed E-state index contributed by atoms with van der Waals surface area (Å²) in [4.78, 5) is 10.9. The van der Waals surface area contributed by atoms with E-state index >= 15 is 0 Å². The molecule has 1 N–H and O–H groups in total. The van der Waals surface area contributed by atoms with Crippen LogP contribution in [0.3, 0.4) is 0 Å². The molecule has 0 spiro atoms. The minimum Gasteiger partial charge on any atom is -0.364 e. The molecule has 0 aliphatic carbocycles. The highest BCUT2D eigenvalue weighted by Gasteiger charge is 2.28. The normalized spacial score (nSPS) is 16.2. The predicted molar refractivity (Wildman–Crippen MR) is 111 cm³/mol. The Balaban J connectivity index is 1.55. The van der Waals surface area contributed by atoms with Crippen LogP contribution in [0.15, 0.2) is 40.2 Å². The van der Waals surface area contributed by atoms with Crippen LogP contribution in [0.5, 0.6) is 0 Å². The van der Waals surface area contributed by atoms with E-state index in [4.69, 9.17) is 16.1 Å². The van der Waals surface area contributed by atoms with Gasteiger partial charge in [0.15, 0.2) is 5.96 Å². The van der Waals surface area contributed by atoms with E-state index in [1.165, 1.54) is 10.6 Å². The van der Waals surface area contributed by atoms with Crippen LogP contribution in [-0.2, 0) is 22.2 Å². The van der Waals surface area contributed by atoms with E-state index < -0.39 is 10.0 Å². The molecular weight excluding hydrogens is 416 g/mol. The highest BCUT2D eigenvalue weighted by Crippen LogP contribution is 2.13. The Hall–Kier alpha value is -2.17. The van der Waals surface area contributed by atoms with Gasteiger partial charge in [0.25, 0.3) is 0 Å². The maximum Gasteiger partial charge on any atom is 0.220 e. The molecule has 3 heterocycles. The molecule has 1 fully saturated rings. The number of hydrogen-bond donors (Lipinski definition) is 1. The fourth-order valence-electron chi connectivity index (χ4n) is 3.04. The summed E-state index contributed by atoms with van der Waals surface area (Å²) in [6, 6.07) is 5.28. The number of aliphatic imine (C=N–C) groups is 1. The van der Waals surface area contributed by atoms with E-state index in [9.17, 15) is 8.42 Å². The Labute approximate surface area is 175 Å². The van der Waals surface area contributed by atoms with Crippen molar-refractivity contribution in [3.63, 3.8) is 0 Å². The van der Waals surface area contributed by atoms with Crippen LogP contribution in [0.1, 0.15) is 18.2 Å². The van der Waals surface area contributed by atoms with Gasteiger partial charge in [-0.3, -0.25) is 4.99 Å². The van der Waals surface area contributed by atoms with E-state index in [0.717, 1.165) is 24.5 Å². The molecule has 0 aromatic carbocycles. The van der Waals surface area contributed by atoms with Crippen LogP contribution in [-0.4, -0.2) is 73.0 Å². The average Bonchev–Trinajstić information content (AvgIpc) is 3.21. The molecule has 0 unspecified atom stereocenters. The maximum atomic E-state index is 12.6. The molecule has 1 saturated heterocycles. The van der Waals surface area contributed by atoms with Gasteiger partial charge in [0.1, 0.15) is 17.2 Å². The van der Waals surface area contributed by atoms with Crippen molar-refractivity contribution >= 4 is 27.6 Å². The molecule has 0 amide bonds. The van der Waals surface area contributed by atoms with Crippen molar-refractivity contribution in [3.05, 3.63) is 47.1 Å². The molecule has 11 heteroatoms. The molecular formula is C18H25ClN6O3S. The Morgan fingerprint density at radius 1 is 1.28 bits per heavy atom. The first-order chi connectivity index (χ1) is 14.0. The molecule has 0 bridgehead atoms. The van der Waals surface area contributed by atoms with Gasteiger partial charge >= 0.3 is 0 Å². The van der Waals surface area contributed by atoms with Crippen LogP contribution >= 0.6 is 11.6 Å². The number of hydrogen-bond acceptors (Lipinski definition) is 6. The predicted octanol–water partition coefficient (Wildman–Crippen LogP) is 1.38. The molecule has 2 aromatic rings. The quantitative estimate of drug-likeness (QED) is 0.394. The molecule has 158 valence electrons. The first kappa shape index (κ1) is 21.5. The summed E-state index contributed by atoms with van der Waals surface area (Å²) in [7, 11) is -3.42. The number of halogens is 1. The average molecular weight is 441 g/mol. The Bertz CT molecular complexity index is 894. The lowest BCUT2D eigenvalue weighted by molar-refractivity contribution is 0.260. The van der Waals surface area contributed by atoms with Crippen molar-refractivity contribution in [2.75, 3.05) is 39.3 Å². The van der Waals surface area contributed by atoms with E-state index in [1.807, 2.05) is 13.0 Å². The van der Waals surface area contributed by atoms with Crippen molar-refractivity contribution in [3.8, 4) is 0 Å². The smallest absolute Gasteiger partial charge is 0.220 e. The first-order valence-corrected chi connectivity index (χ1v) is 11.5. The molecule has 9 nitrogen and oxygen atoms in total. The third-order valence-corrected chi connectivity index (χ3v) is 6.57. The second-order valence-corrected chi connectivity index (χ2v) is 8.96. The standard InChI is InChI=1S/C18H25ClN6O3S/c1-2-20-18(21-7-5-15-3-4-17(19)22-13-15)24-8-10-25(11-9-24)29(26,27)14-16-6-12-28-23-16/h3-4,6,12-13H,2,5,7-11,14H2,1H3,(H,20,21). The van der Waals surface area contributed by atoms with Crippen LogP contribution < -0.4 is 5.32 Å². The van der Waals surface area contributed by atoms with E-state index in [1.54, 1.807) is 18.3 Å². The van der Waals surface area contributed by atoms with Gasteiger partial charge in [-0.05, 0) is 25.0 Å². The summed E-state index contributed by atoms with van der Waals surface area (Å²) in [5.74, 6) is 0.648. The number of rotatable bonds is 7. The SMILES string of the molecule is CCNC(=NCCc1ccc(Cl)nc1)N1CCN(S(=O)(=O)Cc2ccon2)CC1. The number of nitrogens with one attached hydrogen (secondary N) is 1. The Morgan fingerprint density at radius 2 is 2.07 bits per heavy atom. The second-order valence-electron chi connectivity index (χ2n) is 6.61. The van der Waals surface area contributed by atoms with Crippen molar-refractivity contribution in [2.45, 2.75) is 19.1 Å². The van der Waals surface area contributed by atoms with Crippen molar-refractivity contribution in [1.29, 1.82) is 0 Å². The number of nitrogens with zero attached hydrogens (tertiary/aromatic N) is 5. The zero-order valence-electron chi connectivity index (χ0n) is 16.3. The van der Waals surface area contributed by atoms with E-state index in [2.05, 4.69) is 25.3 Å². The zero-order valence-corrected chi connectivity index (χ0v) is 17.9. The lowest BCUT2D eigenvalue weighted by Gasteiger charge is -2.35. The van der Waals surface area contributed by atoms with Crippen LogP contribution in [0.25, 0.3) is 0 Å². The monoisotopic (exact) mass is 440 g/mol. The largest absolute Gasteiger partial charge is 0.364 e. The molecule has 3 rings (SSSR count). The lowest BCUT2D eigenvalue weighted by atomic mass is 10.2. The van der Waals surface area contributed by atoms with Gasteiger partial charge in [0.2, 0.25) is 10.0 Å². The van der Waals surface area contributed by atoms with Gasteiger partial charge in [-0.15, -0.1) is 0 Å². The lowest BCUT2D eigenvalue weighted by Crippen LogP contribution is -2.54. The summed E-state index contributed by atoms with van der Waals surface area (Å²) < 4.78 is 31.4. The Kier molecular flexibility index (Phi) is 7.45. The fourth-order valence-corrected chi connectivity index (χ4v) is 4.58. The molecule has 1 aliphatic rings. The van der Waals surface area contributed by atoms with Crippen molar-refractivity contribution < 1.29 is 12.9 Å². The van der Waals surface area contributed by atoms with Crippen LogP contribution in [0, 0.1) is 0 Å². The van der Waals surface area contributed by atoms with Gasteiger partial charge in [0.05, 0.1) is 5.69 Å². The zero-order chi connectivity index (χ0) is 20.7. The summed E-state index contributed by atoms with van der Waals surface area (Å²) in [6.07, 6.45) is 3.89. The summed E-state index contributed by atoms with van der Waals surface area (Å²) in [5.41, 5.74) is 1.48. The van der Waals surface area contributed by atoms with Crippen molar-refractivity contribution in [2.24, 2.45) is 4.99 Å². The molecule has 0 atom stereocenters. The minimum atomic E-state index is -3.42. The highest BCUT2D eigenvalue weighted by molar-refractivity contribution is 7.88. The molecule has 29 heavy (non-hydrogen) atoms. The third kappa shape index (κ3) is 6.15. The fraction of sp³-hybridized carbons (Fsp3) is 0.500. The third-order valence-electron chi connectivity index (χ3n) is 4.54. The van der Waals surface area contributed by atoms with E-state index in [-0.39, 0.29) is 5.75 Å². The highest BCUT2D eigenvalue weighted by atomic mass is 35.5. The van der Waals surface area contributed by atoms with Gasteiger partial charge in [-0.1, -0.05) is 22.8 Å². The molecule has 2 aromatic heterocycles. The van der Waals surface area contributed by atoms with Crippen LogP contribution in [0.2, 0.25) is 5.15 Å². The minimum absolute atomic E-state index is 0.146. The van der Waals surface area contributed by atoms with Gasteiger partial charge < -0.3 is 14.7 Å². The molecule has 0 radical (unpaired) electrons. The molecule has 1 aliphatic heterocycles. The summed E-state index contributed by atoms with van der Waals surface area (Å²) in [5, 5.41) is 7.46. The number of piperazine rings is 1. The second kappa shape index (κ2) is 10.0. The number of pyridine rings is 1. The topological polar surface area (TPSA) is 104 Å². The van der Waals surface area contributed by atoms with Gasteiger partial charge in [-0.25, -0.2) is 13.4 Å². The number of sulfonamides is 1. The first-order valence-electron chi connectivity index (χ1n) is 9.48. The van der Waals surface area contributed by atoms with E-state index in [0.29, 0.717) is 43.6 Å². The van der Waals surface area contributed by atoms with Gasteiger partial charge in [-0.2, -0.15) is 4.31 Å². The summed E-state index contributed by atoms with van der Waals surface area (Å²) in [6.45, 7) is 5.33. The summed E-state index contributed by atoms with van der Waals surface area (Å²) >= 11 is 5.81. The maximum absolute atomic E-state index is 12.6.